The van der Waals surface area contributed by atoms with Crippen molar-refractivity contribution in [3.63, 3.8) is 0 Å². The lowest BCUT2D eigenvalue weighted by molar-refractivity contribution is -0.150. The van der Waals surface area contributed by atoms with Crippen LogP contribution in [0.1, 0.15) is 25.0 Å². The minimum Gasteiger partial charge on any atom is -0.493 e. The number of nitrogens with one attached hydrogen (secondary N) is 1. The maximum absolute atomic E-state index is 12.1. The molecule has 2 rings (SSSR count). The third-order valence-corrected chi connectivity index (χ3v) is 3.91. The van der Waals surface area contributed by atoms with Crippen molar-refractivity contribution >= 4 is 29.6 Å². The van der Waals surface area contributed by atoms with Crippen LogP contribution in [0.15, 0.2) is 54.6 Å². The number of rotatable bonds is 8. The van der Waals surface area contributed by atoms with Crippen molar-refractivity contribution in [2.75, 3.05) is 6.61 Å². The number of amides is 1. The zero-order chi connectivity index (χ0) is 19.6. The van der Waals surface area contributed by atoms with Gasteiger partial charge in [-0.25, -0.2) is 4.79 Å². The predicted molar refractivity (Wildman–Crippen MR) is 105 cm³/mol. The highest BCUT2D eigenvalue weighted by atomic mass is 35.5. The number of carbonyl (C=O) groups is 2. The lowest BCUT2D eigenvalue weighted by Crippen LogP contribution is -2.35. The molecule has 0 spiro atoms. The summed E-state index contributed by atoms with van der Waals surface area (Å²) < 4.78 is 10.6. The van der Waals surface area contributed by atoms with Crippen molar-refractivity contribution in [1.82, 2.24) is 5.32 Å². The van der Waals surface area contributed by atoms with Gasteiger partial charge in [0.25, 0.3) is 5.91 Å². The standard InChI is InChI=1S/C21H22ClNO4/c1-3-26-19-7-5-4-6-17(19)10-13-20(24)27-15(2)21(25)23-14-16-8-11-18(22)12-9-16/h4-13,15H,3,14H2,1-2H3,(H,23,25)/b13-10+. The van der Waals surface area contributed by atoms with Crippen LogP contribution in [0.4, 0.5) is 0 Å². The summed E-state index contributed by atoms with van der Waals surface area (Å²) >= 11 is 5.82. The third kappa shape index (κ3) is 6.79. The molecule has 1 atom stereocenters. The Morgan fingerprint density at radius 3 is 2.56 bits per heavy atom. The Kier molecular flexibility index (Phi) is 7.89. The van der Waals surface area contributed by atoms with Gasteiger partial charge in [0.2, 0.25) is 0 Å². The van der Waals surface area contributed by atoms with Crippen molar-refractivity contribution in [2.45, 2.75) is 26.5 Å². The molecule has 0 aromatic heterocycles. The van der Waals surface area contributed by atoms with Gasteiger partial charge in [-0.15, -0.1) is 0 Å². The van der Waals surface area contributed by atoms with E-state index in [0.29, 0.717) is 23.9 Å². The number of ether oxygens (including phenoxy) is 2. The second-order valence-electron chi connectivity index (χ2n) is 5.73. The fourth-order valence-electron chi connectivity index (χ4n) is 2.27. The summed E-state index contributed by atoms with van der Waals surface area (Å²) in [5.74, 6) is -0.297. The smallest absolute Gasteiger partial charge is 0.331 e. The van der Waals surface area contributed by atoms with Gasteiger partial charge >= 0.3 is 5.97 Å². The molecule has 27 heavy (non-hydrogen) atoms. The summed E-state index contributed by atoms with van der Waals surface area (Å²) in [6, 6.07) is 14.5. The molecule has 2 aromatic carbocycles. The SMILES string of the molecule is CCOc1ccccc1/C=C/C(=O)OC(C)C(=O)NCc1ccc(Cl)cc1. The first-order valence-electron chi connectivity index (χ1n) is 8.62. The second kappa shape index (κ2) is 10.4. The fourth-order valence-corrected chi connectivity index (χ4v) is 2.39. The summed E-state index contributed by atoms with van der Waals surface area (Å²) in [5, 5.41) is 3.35. The minimum atomic E-state index is -0.906. The molecule has 0 aliphatic rings. The van der Waals surface area contributed by atoms with Gasteiger partial charge in [-0.3, -0.25) is 4.79 Å². The van der Waals surface area contributed by atoms with E-state index in [0.717, 1.165) is 11.1 Å². The zero-order valence-corrected chi connectivity index (χ0v) is 16.0. The number of esters is 1. The largest absolute Gasteiger partial charge is 0.493 e. The van der Waals surface area contributed by atoms with Crippen molar-refractivity contribution in [3.05, 3.63) is 70.8 Å². The van der Waals surface area contributed by atoms with Crippen LogP contribution in [0.5, 0.6) is 5.75 Å². The van der Waals surface area contributed by atoms with E-state index in [-0.39, 0.29) is 5.91 Å². The van der Waals surface area contributed by atoms with E-state index in [1.54, 1.807) is 18.2 Å². The van der Waals surface area contributed by atoms with Gasteiger partial charge < -0.3 is 14.8 Å². The molecular weight excluding hydrogens is 366 g/mol. The van der Waals surface area contributed by atoms with Gasteiger partial charge in [0.15, 0.2) is 6.10 Å². The van der Waals surface area contributed by atoms with Crippen LogP contribution < -0.4 is 10.1 Å². The Labute approximate surface area is 163 Å². The molecule has 0 saturated heterocycles. The van der Waals surface area contributed by atoms with Crippen LogP contribution in [0.2, 0.25) is 5.02 Å². The summed E-state index contributed by atoms with van der Waals surface area (Å²) in [6.07, 6.45) is 1.98. The molecule has 0 aliphatic carbocycles. The molecule has 0 radical (unpaired) electrons. The number of hydrogen-bond acceptors (Lipinski definition) is 4. The Hall–Kier alpha value is -2.79. The van der Waals surface area contributed by atoms with E-state index in [1.165, 1.54) is 13.0 Å². The Morgan fingerprint density at radius 2 is 1.85 bits per heavy atom. The molecule has 2 aromatic rings. The topological polar surface area (TPSA) is 64.6 Å². The molecule has 0 bridgehead atoms. The van der Waals surface area contributed by atoms with Crippen LogP contribution in [0, 0.1) is 0 Å². The lowest BCUT2D eigenvalue weighted by atomic mass is 10.2. The Bertz CT molecular complexity index is 802. The number of hydrogen-bond donors (Lipinski definition) is 1. The second-order valence-corrected chi connectivity index (χ2v) is 6.16. The van der Waals surface area contributed by atoms with E-state index in [1.807, 2.05) is 43.3 Å². The summed E-state index contributed by atoms with van der Waals surface area (Å²) in [4.78, 5) is 24.0. The molecule has 1 unspecified atom stereocenters. The van der Waals surface area contributed by atoms with Crippen LogP contribution >= 0.6 is 11.6 Å². The molecule has 0 saturated carbocycles. The highest BCUT2D eigenvalue weighted by Crippen LogP contribution is 2.19. The van der Waals surface area contributed by atoms with Gasteiger partial charge in [-0.05, 0) is 43.7 Å². The maximum atomic E-state index is 12.1. The Balaban J connectivity index is 1.85. The lowest BCUT2D eigenvalue weighted by Gasteiger charge is -2.12. The normalized spacial score (nSPS) is 11.8. The van der Waals surface area contributed by atoms with Gasteiger partial charge in [-0.1, -0.05) is 41.9 Å². The van der Waals surface area contributed by atoms with Crippen molar-refractivity contribution in [3.8, 4) is 5.75 Å². The average molecular weight is 388 g/mol. The molecule has 6 heteroatoms. The third-order valence-electron chi connectivity index (χ3n) is 3.66. The maximum Gasteiger partial charge on any atom is 0.331 e. The first-order chi connectivity index (χ1) is 13.0. The van der Waals surface area contributed by atoms with Gasteiger partial charge in [0.1, 0.15) is 5.75 Å². The van der Waals surface area contributed by atoms with E-state index >= 15 is 0 Å². The van der Waals surface area contributed by atoms with Crippen LogP contribution in [-0.2, 0) is 20.9 Å². The van der Waals surface area contributed by atoms with Gasteiger partial charge in [0, 0.05) is 23.2 Å². The highest BCUT2D eigenvalue weighted by Gasteiger charge is 2.16. The number of para-hydroxylation sites is 1. The number of benzene rings is 2. The summed E-state index contributed by atoms with van der Waals surface area (Å²) in [6.45, 7) is 4.27. The first kappa shape index (κ1) is 20.5. The monoisotopic (exact) mass is 387 g/mol. The quantitative estimate of drug-likeness (QED) is 0.549. The minimum absolute atomic E-state index is 0.329. The van der Waals surface area contributed by atoms with E-state index in [2.05, 4.69) is 5.32 Å². The first-order valence-corrected chi connectivity index (χ1v) is 9.00. The Morgan fingerprint density at radius 1 is 1.15 bits per heavy atom. The summed E-state index contributed by atoms with van der Waals surface area (Å²) in [5.41, 5.74) is 1.66. The molecule has 142 valence electrons. The van der Waals surface area contributed by atoms with E-state index in [9.17, 15) is 9.59 Å². The fraction of sp³-hybridized carbons (Fsp3) is 0.238. The molecule has 1 amide bonds. The van der Waals surface area contributed by atoms with Crippen LogP contribution in [0.25, 0.3) is 6.08 Å². The predicted octanol–water partition coefficient (Wildman–Crippen LogP) is 4.00. The van der Waals surface area contributed by atoms with Gasteiger partial charge in [-0.2, -0.15) is 0 Å². The van der Waals surface area contributed by atoms with Crippen molar-refractivity contribution < 1.29 is 19.1 Å². The molecule has 0 fully saturated rings. The molecule has 0 aliphatic heterocycles. The molecular formula is C21H22ClNO4. The molecule has 0 heterocycles. The van der Waals surface area contributed by atoms with Gasteiger partial charge in [0.05, 0.1) is 6.61 Å². The zero-order valence-electron chi connectivity index (χ0n) is 15.3. The van der Waals surface area contributed by atoms with Crippen LogP contribution in [0.3, 0.4) is 0 Å². The molecule has 1 N–H and O–H groups in total. The van der Waals surface area contributed by atoms with Crippen molar-refractivity contribution in [2.24, 2.45) is 0 Å². The number of carbonyl (C=O) groups excluding carboxylic acids is 2. The van der Waals surface area contributed by atoms with E-state index in [4.69, 9.17) is 21.1 Å². The highest BCUT2D eigenvalue weighted by molar-refractivity contribution is 6.30. The van der Waals surface area contributed by atoms with Crippen LogP contribution in [-0.4, -0.2) is 24.6 Å². The van der Waals surface area contributed by atoms with E-state index < -0.39 is 12.1 Å². The molecule has 5 nitrogen and oxygen atoms in total. The summed E-state index contributed by atoms with van der Waals surface area (Å²) in [7, 11) is 0. The number of halogens is 1. The van der Waals surface area contributed by atoms with Crippen molar-refractivity contribution in [1.29, 1.82) is 0 Å². The average Bonchev–Trinajstić information content (AvgIpc) is 2.66.